The number of sulfonamides is 1. The molecule has 0 aromatic carbocycles. The van der Waals surface area contributed by atoms with Crippen molar-refractivity contribution in [3.8, 4) is 6.07 Å². The normalized spacial score (nSPS) is 17.8. The first-order valence-corrected chi connectivity index (χ1v) is 7.30. The second-order valence-electron chi connectivity index (χ2n) is 4.95. The Labute approximate surface area is 107 Å². The highest BCUT2D eigenvalue weighted by molar-refractivity contribution is 7.89. The van der Waals surface area contributed by atoms with E-state index in [0.717, 1.165) is 19.3 Å². The molecule has 1 fully saturated rings. The number of rotatable bonds is 4. The minimum atomic E-state index is -3.65. The van der Waals surface area contributed by atoms with Gasteiger partial charge in [-0.1, -0.05) is 13.3 Å². The van der Waals surface area contributed by atoms with Crippen molar-refractivity contribution in [2.45, 2.75) is 31.1 Å². The van der Waals surface area contributed by atoms with Crippen molar-refractivity contribution < 1.29 is 8.42 Å². The van der Waals surface area contributed by atoms with Crippen LogP contribution in [0, 0.1) is 16.7 Å². The van der Waals surface area contributed by atoms with Crippen LogP contribution < -0.4 is 4.72 Å². The van der Waals surface area contributed by atoms with E-state index >= 15 is 0 Å². The summed E-state index contributed by atoms with van der Waals surface area (Å²) in [5, 5.41) is 8.86. The van der Waals surface area contributed by atoms with Crippen LogP contribution in [0.2, 0.25) is 0 Å². The molecule has 0 aliphatic heterocycles. The standard InChI is InChI=1S/C12H15N3O2S/c1-12(5-3-6-12)9-15-18(16,17)11-4-2-7-14-10(11)8-13/h2,4,7,15H,3,5-6,9H2,1H3. The smallest absolute Gasteiger partial charge is 0.243 e. The average Bonchev–Trinajstić information content (AvgIpc) is 2.34. The van der Waals surface area contributed by atoms with Crippen molar-refractivity contribution in [3.63, 3.8) is 0 Å². The lowest BCUT2D eigenvalue weighted by molar-refractivity contribution is 0.166. The monoisotopic (exact) mass is 265 g/mol. The van der Waals surface area contributed by atoms with Crippen LogP contribution in [-0.4, -0.2) is 19.9 Å². The quantitative estimate of drug-likeness (QED) is 0.892. The molecular weight excluding hydrogens is 250 g/mol. The third-order valence-corrected chi connectivity index (χ3v) is 4.85. The molecule has 1 aliphatic carbocycles. The number of aromatic nitrogens is 1. The Morgan fingerprint density at radius 3 is 2.83 bits per heavy atom. The molecule has 0 spiro atoms. The Hall–Kier alpha value is -1.45. The second kappa shape index (κ2) is 4.67. The van der Waals surface area contributed by atoms with Gasteiger partial charge in [-0.3, -0.25) is 0 Å². The summed E-state index contributed by atoms with van der Waals surface area (Å²) in [6.45, 7) is 2.47. The maximum Gasteiger partial charge on any atom is 0.243 e. The van der Waals surface area contributed by atoms with Gasteiger partial charge < -0.3 is 0 Å². The van der Waals surface area contributed by atoms with Gasteiger partial charge >= 0.3 is 0 Å². The van der Waals surface area contributed by atoms with E-state index in [4.69, 9.17) is 5.26 Å². The van der Waals surface area contributed by atoms with Gasteiger partial charge in [-0.15, -0.1) is 0 Å². The van der Waals surface area contributed by atoms with Gasteiger partial charge in [-0.05, 0) is 30.4 Å². The molecule has 0 radical (unpaired) electrons. The zero-order valence-corrected chi connectivity index (χ0v) is 11.0. The SMILES string of the molecule is CC1(CNS(=O)(=O)c2cccnc2C#N)CCC1. The molecule has 1 heterocycles. The van der Waals surface area contributed by atoms with E-state index in [9.17, 15) is 8.42 Å². The lowest BCUT2D eigenvalue weighted by atomic mass is 9.71. The molecule has 6 heteroatoms. The van der Waals surface area contributed by atoms with Gasteiger partial charge in [0.1, 0.15) is 11.0 Å². The number of pyridine rings is 1. The van der Waals surface area contributed by atoms with E-state index in [0.29, 0.717) is 6.54 Å². The zero-order chi connectivity index (χ0) is 13.2. The van der Waals surface area contributed by atoms with Crippen molar-refractivity contribution in [1.82, 2.24) is 9.71 Å². The van der Waals surface area contributed by atoms with Crippen LogP contribution in [0.3, 0.4) is 0 Å². The van der Waals surface area contributed by atoms with Crippen LogP contribution in [-0.2, 0) is 10.0 Å². The summed E-state index contributed by atoms with van der Waals surface area (Å²) in [5.74, 6) is 0. The van der Waals surface area contributed by atoms with Crippen LogP contribution in [0.15, 0.2) is 23.2 Å². The summed E-state index contributed by atoms with van der Waals surface area (Å²) >= 11 is 0. The summed E-state index contributed by atoms with van der Waals surface area (Å²) in [5.41, 5.74) is -0.00834. The predicted octanol–water partition coefficient (Wildman–Crippen LogP) is 1.42. The van der Waals surface area contributed by atoms with Gasteiger partial charge in [-0.2, -0.15) is 5.26 Å². The highest BCUT2D eigenvalue weighted by atomic mass is 32.2. The number of hydrogen-bond acceptors (Lipinski definition) is 4. The first-order valence-electron chi connectivity index (χ1n) is 5.82. The second-order valence-corrected chi connectivity index (χ2v) is 6.69. The zero-order valence-electron chi connectivity index (χ0n) is 10.2. The summed E-state index contributed by atoms with van der Waals surface area (Å²) in [4.78, 5) is 3.72. The van der Waals surface area contributed by atoms with Gasteiger partial charge in [0.15, 0.2) is 5.69 Å². The van der Waals surface area contributed by atoms with Gasteiger partial charge in [-0.25, -0.2) is 18.1 Å². The molecular formula is C12H15N3O2S. The summed E-state index contributed by atoms with van der Waals surface area (Å²) in [6, 6.07) is 4.71. The summed E-state index contributed by atoms with van der Waals surface area (Å²) in [6.07, 6.45) is 4.63. The lowest BCUT2D eigenvalue weighted by Crippen LogP contribution is -2.40. The Morgan fingerprint density at radius 2 is 2.28 bits per heavy atom. The van der Waals surface area contributed by atoms with Crippen molar-refractivity contribution in [3.05, 3.63) is 24.0 Å². The Kier molecular flexibility index (Phi) is 3.37. The number of nitrogens with zero attached hydrogens (tertiary/aromatic N) is 2. The molecule has 0 amide bonds. The Bertz CT molecular complexity index is 586. The topological polar surface area (TPSA) is 82.8 Å². The molecule has 18 heavy (non-hydrogen) atoms. The highest BCUT2D eigenvalue weighted by Gasteiger charge is 2.33. The predicted molar refractivity (Wildman–Crippen MR) is 66.1 cm³/mol. The summed E-state index contributed by atoms with van der Waals surface area (Å²) in [7, 11) is -3.65. The fourth-order valence-corrected chi connectivity index (χ4v) is 3.30. The van der Waals surface area contributed by atoms with Crippen molar-refractivity contribution in [2.24, 2.45) is 5.41 Å². The molecule has 5 nitrogen and oxygen atoms in total. The number of hydrogen-bond donors (Lipinski definition) is 1. The molecule has 0 unspecified atom stereocenters. The van der Waals surface area contributed by atoms with E-state index in [1.54, 1.807) is 6.07 Å². The van der Waals surface area contributed by atoms with Crippen LogP contribution in [0.4, 0.5) is 0 Å². The first-order chi connectivity index (χ1) is 8.47. The molecule has 1 saturated carbocycles. The molecule has 1 aromatic rings. The molecule has 0 bridgehead atoms. The van der Waals surface area contributed by atoms with E-state index in [-0.39, 0.29) is 16.0 Å². The molecule has 0 saturated heterocycles. The number of nitrogens with one attached hydrogen (secondary N) is 1. The van der Waals surface area contributed by atoms with Crippen LogP contribution in [0.1, 0.15) is 31.9 Å². The number of nitriles is 1. The fourth-order valence-electron chi connectivity index (χ4n) is 2.00. The highest BCUT2D eigenvalue weighted by Crippen LogP contribution is 2.39. The molecule has 1 aromatic heterocycles. The third kappa shape index (κ3) is 2.52. The molecule has 0 atom stereocenters. The average molecular weight is 265 g/mol. The van der Waals surface area contributed by atoms with E-state index in [2.05, 4.69) is 16.6 Å². The maximum absolute atomic E-state index is 12.1. The van der Waals surface area contributed by atoms with Crippen molar-refractivity contribution in [2.75, 3.05) is 6.54 Å². The Morgan fingerprint density at radius 1 is 1.56 bits per heavy atom. The Balaban J connectivity index is 2.18. The van der Waals surface area contributed by atoms with Crippen molar-refractivity contribution >= 4 is 10.0 Å². The van der Waals surface area contributed by atoms with E-state index in [1.165, 1.54) is 18.3 Å². The van der Waals surface area contributed by atoms with Crippen molar-refractivity contribution in [1.29, 1.82) is 5.26 Å². The lowest BCUT2D eigenvalue weighted by Gasteiger charge is -2.38. The minimum Gasteiger partial charge on any atom is -0.244 e. The first kappa shape index (κ1) is 13.0. The molecule has 1 aliphatic rings. The largest absolute Gasteiger partial charge is 0.244 e. The van der Waals surface area contributed by atoms with E-state index < -0.39 is 10.0 Å². The van der Waals surface area contributed by atoms with Crippen LogP contribution in [0.5, 0.6) is 0 Å². The minimum absolute atomic E-state index is 0.0459. The third-order valence-electron chi connectivity index (χ3n) is 3.42. The van der Waals surface area contributed by atoms with Gasteiger partial charge in [0.2, 0.25) is 10.0 Å². The van der Waals surface area contributed by atoms with Gasteiger partial charge in [0.25, 0.3) is 0 Å². The fraction of sp³-hybridized carbons (Fsp3) is 0.500. The summed E-state index contributed by atoms with van der Waals surface area (Å²) < 4.78 is 26.8. The molecule has 96 valence electrons. The van der Waals surface area contributed by atoms with Gasteiger partial charge in [0.05, 0.1) is 0 Å². The molecule has 1 N–H and O–H groups in total. The maximum atomic E-state index is 12.1. The molecule has 2 rings (SSSR count). The van der Waals surface area contributed by atoms with Gasteiger partial charge in [0, 0.05) is 12.7 Å². The van der Waals surface area contributed by atoms with E-state index in [1.807, 2.05) is 0 Å². The van der Waals surface area contributed by atoms with Crippen LogP contribution in [0.25, 0.3) is 0 Å². The van der Waals surface area contributed by atoms with Crippen LogP contribution >= 0.6 is 0 Å².